The Kier molecular flexibility index (Phi) is 5.20. The van der Waals surface area contributed by atoms with Crippen LogP contribution in [0.4, 0.5) is 0 Å². The van der Waals surface area contributed by atoms with Gasteiger partial charge < -0.3 is 19.7 Å². The van der Waals surface area contributed by atoms with Crippen molar-refractivity contribution in [2.24, 2.45) is 0 Å². The van der Waals surface area contributed by atoms with Crippen LogP contribution in [0.2, 0.25) is 0 Å². The van der Waals surface area contributed by atoms with Crippen molar-refractivity contribution in [3.63, 3.8) is 0 Å². The van der Waals surface area contributed by atoms with Crippen LogP contribution in [0.1, 0.15) is 27.2 Å². The normalized spacial score (nSPS) is 16.1. The van der Waals surface area contributed by atoms with Crippen molar-refractivity contribution < 1.29 is 24.5 Å². The largest absolute Gasteiger partial charge is 0.479 e. The van der Waals surface area contributed by atoms with E-state index in [1.807, 2.05) is 13.8 Å². The van der Waals surface area contributed by atoms with Crippen molar-refractivity contribution in [2.45, 2.75) is 38.4 Å². The van der Waals surface area contributed by atoms with Gasteiger partial charge in [-0.25, -0.2) is 4.79 Å². The maximum absolute atomic E-state index is 10.5. The molecule has 0 aliphatic carbocycles. The fraction of sp³-hybridized carbons (Fsp3) is 0.900. The lowest BCUT2D eigenvalue weighted by atomic mass is 10.1. The lowest BCUT2D eigenvalue weighted by molar-refractivity contribution is -0.163. The van der Waals surface area contributed by atoms with Crippen LogP contribution in [0, 0.1) is 0 Å². The molecule has 5 nitrogen and oxygen atoms in total. The quantitative estimate of drug-likeness (QED) is 0.616. The number of ether oxygens (including phenoxy) is 2. The summed E-state index contributed by atoms with van der Waals surface area (Å²) < 4.78 is 10.2. The fourth-order valence-electron chi connectivity index (χ4n) is 0.753. The van der Waals surface area contributed by atoms with E-state index in [0.29, 0.717) is 13.0 Å². The average Bonchev–Trinajstić information content (AvgIpc) is 2.12. The van der Waals surface area contributed by atoms with Crippen LogP contribution < -0.4 is 0 Å². The Balaban J connectivity index is 3.77. The van der Waals surface area contributed by atoms with Crippen LogP contribution in [0.3, 0.4) is 0 Å². The van der Waals surface area contributed by atoms with Crippen LogP contribution in [0.25, 0.3) is 0 Å². The first-order valence-electron chi connectivity index (χ1n) is 4.80. The Morgan fingerprint density at radius 2 is 1.87 bits per heavy atom. The molecule has 0 radical (unpaired) electrons. The lowest BCUT2D eigenvalue weighted by Crippen LogP contribution is -2.40. The van der Waals surface area contributed by atoms with E-state index in [2.05, 4.69) is 0 Å². The van der Waals surface area contributed by atoms with Crippen LogP contribution in [0.15, 0.2) is 0 Å². The molecule has 0 aromatic carbocycles. The van der Waals surface area contributed by atoms with E-state index < -0.39 is 11.6 Å². The van der Waals surface area contributed by atoms with Gasteiger partial charge in [0.15, 0.2) is 5.60 Å². The molecule has 0 aliphatic rings. The molecule has 0 bridgehead atoms. The molecule has 0 amide bonds. The summed E-state index contributed by atoms with van der Waals surface area (Å²) >= 11 is 0. The van der Waals surface area contributed by atoms with Gasteiger partial charge in [-0.15, -0.1) is 0 Å². The van der Waals surface area contributed by atoms with Gasteiger partial charge in [0.05, 0.1) is 12.2 Å². The molecule has 15 heavy (non-hydrogen) atoms. The predicted octanol–water partition coefficient (Wildman–Crippen LogP) is 0.654. The van der Waals surface area contributed by atoms with Crippen LogP contribution in [-0.4, -0.2) is 47.7 Å². The van der Waals surface area contributed by atoms with Crippen molar-refractivity contribution in [3.05, 3.63) is 0 Å². The summed E-state index contributed by atoms with van der Waals surface area (Å²) in [7, 11) is 1.60. The number of carbonyl (C=O) groups is 1. The summed E-state index contributed by atoms with van der Waals surface area (Å²) in [5, 5.41) is 17.9. The van der Waals surface area contributed by atoms with Gasteiger partial charge >= 0.3 is 5.97 Å². The molecular formula is C10H20O5. The molecule has 2 N–H and O–H groups in total. The molecule has 0 aromatic rings. The van der Waals surface area contributed by atoms with Gasteiger partial charge in [0.1, 0.15) is 0 Å². The second kappa shape index (κ2) is 5.44. The van der Waals surface area contributed by atoms with Gasteiger partial charge in [-0.05, 0) is 27.2 Å². The minimum atomic E-state index is -1.82. The Labute approximate surface area is 90.0 Å². The second-order valence-corrected chi connectivity index (χ2v) is 4.35. The number of hydrogen-bond donors (Lipinski definition) is 2. The maximum atomic E-state index is 10.5. The van der Waals surface area contributed by atoms with E-state index in [9.17, 15) is 9.90 Å². The predicted molar refractivity (Wildman–Crippen MR) is 54.8 cm³/mol. The number of aliphatic carboxylic acids is 1. The zero-order chi connectivity index (χ0) is 12.1. The standard InChI is InChI=1S/C10H20O5/c1-9(2,14-4)5-6-15-7-10(3,13)8(11)12/h13H,5-7H2,1-4H3,(H,11,12). The zero-order valence-electron chi connectivity index (χ0n) is 9.74. The Morgan fingerprint density at radius 3 is 2.27 bits per heavy atom. The van der Waals surface area contributed by atoms with Crippen molar-refractivity contribution in [2.75, 3.05) is 20.3 Å². The van der Waals surface area contributed by atoms with Gasteiger partial charge in [0.2, 0.25) is 0 Å². The first-order valence-corrected chi connectivity index (χ1v) is 4.80. The monoisotopic (exact) mass is 220 g/mol. The molecule has 0 saturated heterocycles. The highest BCUT2D eigenvalue weighted by Crippen LogP contribution is 2.13. The van der Waals surface area contributed by atoms with Gasteiger partial charge in [-0.1, -0.05) is 0 Å². The molecule has 0 saturated carbocycles. The molecule has 1 unspecified atom stereocenters. The maximum Gasteiger partial charge on any atom is 0.337 e. The van der Waals surface area contributed by atoms with E-state index in [1.165, 1.54) is 6.92 Å². The number of carboxylic acids is 1. The van der Waals surface area contributed by atoms with Crippen LogP contribution >= 0.6 is 0 Å². The zero-order valence-corrected chi connectivity index (χ0v) is 9.74. The van der Waals surface area contributed by atoms with Crippen molar-refractivity contribution in [3.8, 4) is 0 Å². The molecule has 1 atom stereocenters. The van der Waals surface area contributed by atoms with Crippen LogP contribution in [0.5, 0.6) is 0 Å². The van der Waals surface area contributed by atoms with E-state index >= 15 is 0 Å². The third-order valence-corrected chi connectivity index (χ3v) is 2.24. The third-order valence-electron chi connectivity index (χ3n) is 2.24. The van der Waals surface area contributed by atoms with Gasteiger partial charge in [0.25, 0.3) is 0 Å². The van der Waals surface area contributed by atoms with E-state index in [1.54, 1.807) is 7.11 Å². The number of methoxy groups -OCH3 is 1. The summed E-state index contributed by atoms with van der Waals surface area (Å²) in [4.78, 5) is 10.5. The smallest absolute Gasteiger partial charge is 0.337 e. The molecule has 0 spiro atoms. The molecule has 90 valence electrons. The van der Waals surface area contributed by atoms with Gasteiger partial charge in [-0.2, -0.15) is 0 Å². The Bertz CT molecular complexity index is 210. The minimum absolute atomic E-state index is 0.220. The highest BCUT2D eigenvalue weighted by molar-refractivity contribution is 5.76. The highest BCUT2D eigenvalue weighted by Gasteiger charge is 2.30. The van der Waals surface area contributed by atoms with E-state index in [4.69, 9.17) is 14.6 Å². The summed E-state index contributed by atoms with van der Waals surface area (Å²) in [6, 6.07) is 0. The van der Waals surface area contributed by atoms with Crippen molar-refractivity contribution in [1.82, 2.24) is 0 Å². The van der Waals surface area contributed by atoms with E-state index in [0.717, 1.165) is 0 Å². The molecule has 0 aliphatic heterocycles. The number of rotatable bonds is 7. The first kappa shape index (κ1) is 14.3. The fourth-order valence-corrected chi connectivity index (χ4v) is 0.753. The van der Waals surface area contributed by atoms with Crippen molar-refractivity contribution >= 4 is 5.97 Å². The Hall–Kier alpha value is -0.650. The number of carboxylic acid groups (broad SMARTS) is 1. The molecule has 0 rings (SSSR count). The molecule has 5 heteroatoms. The van der Waals surface area contributed by atoms with Crippen molar-refractivity contribution in [1.29, 1.82) is 0 Å². The minimum Gasteiger partial charge on any atom is -0.479 e. The second-order valence-electron chi connectivity index (χ2n) is 4.35. The van der Waals surface area contributed by atoms with E-state index in [-0.39, 0.29) is 12.2 Å². The molecular weight excluding hydrogens is 200 g/mol. The summed E-state index contributed by atoms with van der Waals surface area (Å²) in [5.74, 6) is -1.28. The summed E-state index contributed by atoms with van der Waals surface area (Å²) in [6.45, 7) is 5.15. The SMILES string of the molecule is COC(C)(C)CCOCC(C)(O)C(=O)O. The Morgan fingerprint density at radius 1 is 1.33 bits per heavy atom. The third kappa shape index (κ3) is 5.71. The molecule has 0 heterocycles. The molecule has 0 aromatic heterocycles. The summed E-state index contributed by atoms with van der Waals surface area (Å²) in [5.41, 5.74) is -2.12. The summed E-state index contributed by atoms with van der Waals surface area (Å²) in [6.07, 6.45) is 0.638. The van der Waals surface area contributed by atoms with Crippen LogP contribution in [-0.2, 0) is 14.3 Å². The average molecular weight is 220 g/mol. The number of hydrogen-bond acceptors (Lipinski definition) is 4. The van der Waals surface area contributed by atoms with Gasteiger partial charge in [-0.3, -0.25) is 0 Å². The topological polar surface area (TPSA) is 76.0 Å². The highest BCUT2D eigenvalue weighted by atomic mass is 16.5. The molecule has 0 fully saturated rings. The lowest BCUT2D eigenvalue weighted by Gasteiger charge is -2.24. The number of aliphatic hydroxyl groups is 1. The van der Waals surface area contributed by atoms with Gasteiger partial charge in [0, 0.05) is 13.7 Å². The first-order chi connectivity index (χ1) is 6.71.